The summed E-state index contributed by atoms with van der Waals surface area (Å²) < 4.78 is 43.8. The third kappa shape index (κ3) is 6.92. The quantitative estimate of drug-likeness (QED) is 0.226. The molecule has 2 bridgehead atoms. The largest absolute Gasteiger partial charge is 0.465 e. The molecule has 1 heterocycles. The van der Waals surface area contributed by atoms with Gasteiger partial charge >= 0.3 is 35.8 Å². The van der Waals surface area contributed by atoms with Gasteiger partial charge in [0.15, 0.2) is 17.8 Å². The first-order valence-electron chi connectivity index (χ1n) is 18.1. The van der Waals surface area contributed by atoms with Crippen molar-refractivity contribution in [2.24, 2.45) is 11.3 Å². The third-order valence-corrected chi connectivity index (χ3v) is 10.9. The number of esters is 6. The van der Waals surface area contributed by atoms with Gasteiger partial charge in [-0.2, -0.15) is 0 Å². The maximum absolute atomic E-state index is 14.3. The number of hydrogen-bond donors (Lipinski definition) is 1. The molecule has 0 amide bonds. The van der Waals surface area contributed by atoms with E-state index in [-0.39, 0.29) is 16.7 Å². The van der Waals surface area contributed by atoms with E-state index in [2.05, 4.69) is 0 Å². The fraction of sp³-hybridized carbons (Fsp3) is 0.429. The number of fused-ring (bicyclic) bond motifs is 1. The molecular formula is C42H44O14. The summed E-state index contributed by atoms with van der Waals surface area (Å²) in [6.45, 7) is 7.04. The molecule has 56 heavy (non-hydrogen) atoms. The highest BCUT2D eigenvalue weighted by Gasteiger charge is 2.89. The molecule has 1 saturated heterocycles. The summed E-state index contributed by atoms with van der Waals surface area (Å²) in [4.78, 5) is 81.5. The second-order valence-corrected chi connectivity index (χ2v) is 15.1. The van der Waals surface area contributed by atoms with Crippen LogP contribution in [0.2, 0.25) is 0 Å². The van der Waals surface area contributed by atoms with Gasteiger partial charge in [0.25, 0.3) is 0 Å². The van der Waals surface area contributed by atoms with Crippen molar-refractivity contribution in [2.75, 3.05) is 6.61 Å². The molecule has 2 saturated carbocycles. The number of rotatable bonds is 10. The number of benzene rings is 3. The molecule has 3 aromatic carbocycles. The lowest BCUT2D eigenvalue weighted by molar-refractivity contribution is -0.362. The molecule has 0 aromatic heterocycles. The lowest BCUT2D eigenvalue weighted by atomic mass is 9.45. The predicted molar refractivity (Wildman–Crippen MR) is 194 cm³/mol. The number of hydrogen-bond acceptors (Lipinski definition) is 14. The summed E-state index contributed by atoms with van der Waals surface area (Å²) >= 11 is 0. The molecule has 14 heteroatoms. The molecule has 1 spiro atoms. The third-order valence-electron chi connectivity index (χ3n) is 10.9. The van der Waals surface area contributed by atoms with E-state index in [1.54, 1.807) is 68.4 Å². The zero-order valence-corrected chi connectivity index (χ0v) is 31.8. The second kappa shape index (κ2) is 15.1. The normalized spacial score (nSPS) is 31.1. The van der Waals surface area contributed by atoms with Gasteiger partial charge in [0.05, 0.1) is 33.8 Å². The van der Waals surface area contributed by atoms with Crippen molar-refractivity contribution in [2.45, 2.75) is 95.3 Å². The molecular weight excluding hydrogens is 728 g/mol. The Hall–Kier alpha value is -5.60. The van der Waals surface area contributed by atoms with Gasteiger partial charge in [-0.3, -0.25) is 14.4 Å². The highest BCUT2D eigenvalue weighted by Crippen LogP contribution is 2.69. The van der Waals surface area contributed by atoms with Crippen molar-refractivity contribution in [3.05, 3.63) is 108 Å². The van der Waals surface area contributed by atoms with E-state index in [1.807, 2.05) is 0 Å². The SMILES string of the molecule is CC(=O)OC[C@@]12[C@@H](OC(=O)c3ccccc3)[C@H](OC(=O)c3ccccc3)[C@@H]3[C@H](OC(C)=O)[C@]1(OC3(C)C)[C@](C)(O)C[C@H](OC(=O)c1ccccc1)[C@@H]2OC(C)=O. The summed E-state index contributed by atoms with van der Waals surface area (Å²) in [7, 11) is 0. The summed E-state index contributed by atoms with van der Waals surface area (Å²) in [5.41, 5.74) is -8.09. The van der Waals surface area contributed by atoms with E-state index < -0.39 is 107 Å². The van der Waals surface area contributed by atoms with Crippen LogP contribution in [-0.2, 0) is 47.5 Å². The molecule has 3 fully saturated rings. The first-order chi connectivity index (χ1) is 26.4. The minimum Gasteiger partial charge on any atom is -0.465 e. The van der Waals surface area contributed by atoms with Gasteiger partial charge in [0, 0.05) is 27.2 Å². The standard InChI is InChI=1S/C42H44O14/c1-24(43)50-23-41-33(51-25(2)44)30(53-36(46)27-16-10-7-11-17-27)22-40(6,49)42(41)34(52-26(3)45)31(39(4,5)56-42)32(54-37(47)28-18-12-8-13-19-28)35(41)55-38(48)29-20-14-9-15-21-29/h7-21,30-35,49H,22-23H2,1-6H3/t30-,31+,32+,33-,34-,35-,40+,41+,42-/m0/s1. The number of carbonyl (C=O) groups excluding carboxylic acids is 6. The first-order valence-corrected chi connectivity index (χ1v) is 18.1. The van der Waals surface area contributed by atoms with Crippen LogP contribution in [0.3, 0.4) is 0 Å². The van der Waals surface area contributed by atoms with Crippen molar-refractivity contribution < 1.29 is 67.0 Å². The number of carbonyl (C=O) groups is 6. The maximum Gasteiger partial charge on any atom is 0.338 e. The van der Waals surface area contributed by atoms with Crippen LogP contribution in [0.15, 0.2) is 91.0 Å². The van der Waals surface area contributed by atoms with Crippen LogP contribution in [0.1, 0.15) is 79.0 Å². The Morgan fingerprint density at radius 1 is 0.607 bits per heavy atom. The van der Waals surface area contributed by atoms with Crippen molar-refractivity contribution in [3.8, 4) is 0 Å². The molecule has 2 aliphatic carbocycles. The molecule has 3 aromatic rings. The van der Waals surface area contributed by atoms with Crippen molar-refractivity contribution in [3.63, 3.8) is 0 Å². The van der Waals surface area contributed by atoms with Crippen molar-refractivity contribution in [1.29, 1.82) is 0 Å². The lowest BCUT2D eigenvalue weighted by Gasteiger charge is -2.66. The Morgan fingerprint density at radius 3 is 1.52 bits per heavy atom. The molecule has 14 nitrogen and oxygen atoms in total. The highest BCUT2D eigenvalue weighted by atomic mass is 16.7. The molecule has 9 atom stereocenters. The van der Waals surface area contributed by atoms with Gasteiger partial charge in [-0.15, -0.1) is 0 Å². The number of aliphatic hydroxyl groups is 1. The zero-order valence-electron chi connectivity index (χ0n) is 31.8. The molecule has 6 rings (SSSR count). The highest BCUT2D eigenvalue weighted by molar-refractivity contribution is 5.91. The van der Waals surface area contributed by atoms with Crippen LogP contribution in [0.4, 0.5) is 0 Å². The minimum atomic E-state index is -2.36. The average molecular weight is 773 g/mol. The van der Waals surface area contributed by atoms with Gasteiger partial charge in [0.2, 0.25) is 0 Å². The van der Waals surface area contributed by atoms with Crippen LogP contribution in [-0.4, -0.2) is 94.9 Å². The minimum absolute atomic E-state index is 0.0608. The van der Waals surface area contributed by atoms with Gasteiger partial charge in [-0.1, -0.05) is 54.6 Å². The van der Waals surface area contributed by atoms with Crippen molar-refractivity contribution >= 4 is 35.8 Å². The Morgan fingerprint density at radius 2 is 1.05 bits per heavy atom. The summed E-state index contributed by atoms with van der Waals surface area (Å²) in [6, 6.07) is 23.7. The summed E-state index contributed by atoms with van der Waals surface area (Å²) in [5, 5.41) is 13.0. The molecule has 0 unspecified atom stereocenters. The molecule has 1 aliphatic heterocycles. The van der Waals surface area contributed by atoms with E-state index in [9.17, 15) is 33.9 Å². The van der Waals surface area contributed by atoms with Crippen LogP contribution >= 0.6 is 0 Å². The summed E-state index contributed by atoms with van der Waals surface area (Å²) in [6.07, 6.45) is -8.84. The van der Waals surface area contributed by atoms with Crippen LogP contribution < -0.4 is 0 Å². The van der Waals surface area contributed by atoms with E-state index >= 15 is 0 Å². The average Bonchev–Trinajstić information content (AvgIpc) is 3.35. The Bertz CT molecular complexity index is 1980. The predicted octanol–water partition coefficient (Wildman–Crippen LogP) is 4.41. The first kappa shape index (κ1) is 40.1. The fourth-order valence-electron chi connectivity index (χ4n) is 8.95. The second-order valence-electron chi connectivity index (χ2n) is 15.1. The monoisotopic (exact) mass is 772 g/mol. The topological polar surface area (TPSA) is 187 Å². The van der Waals surface area contributed by atoms with E-state index in [0.29, 0.717) is 0 Å². The van der Waals surface area contributed by atoms with Crippen molar-refractivity contribution in [1.82, 2.24) is 0 Å². The van der Waals surface area contributed by atoms with Crippen LogP contribution in [0.5, 0.6) is 0 Å². The zero-order chi connectivity index (χ0) is 40.6. The fourth-order valence-corrected chi connectivity index (χ4v) is 8.95. The Kier molecular flexibility index (Phi) is 10.8. The smallest absolute Gasteiger partial charge is 0.338 e. The van der Waals surface area contributed by atoms with Gasteiger partial charge < -0.3 is 38.3 Å². The Labute approximate surface area is 323 Å². The molecule has 3 aliphatic rings. The number of ether oxygens (including phenoxy) is 7. The van der Waals surface area contributed by atoms with E-state index in [0.717, 1.165) is 20.8 Å². The lowest BCUT2D eigenvalue weighted by Crippen LogP contribution is -2.85. The van der Waals surface area contributed by atoms with E-state index in [4.69, 9.17) is 33.2 Å². The summed E-state index contributed by atoms with van der Waals surface area (Å²) in [5.74, 6) is -6.48. The van der Waals surface area contributed by atoms with Gasteiger partial charge in [-0.05, 0) is 57.2 Å². The van der Waals surface area contributed by atoms with Crippen LogP contribution in [0.25, 0.3) is 0 Å². The molecule has 296 valence electrons. The Balaban J connectivity index is 1.68. The van der Waals surface area contributed by atoms with Gasteiger partial charge in [0.1, 0.15) is 30.3 Å². The van der Waals surface area contributed by atoms with E-state index in [1.165, 1.54) is 43.3 Å². The molecule has 0 radical (unpaired) electrons. The maximum atomic E-state index is 14.3. The van der Waals surface area contributed by atoms with Crippen LogP contribution in [0, 0.1) is 11.3 Å². The van der Waals surface area contributed by atoms with Gasteiger partial charge in [-0.25, -0.2) is 14.4 Å². The molecule has 1 N–H and O–H groups in total.